The van der Waals surface area contributed by atoms with Gasteiger partial charge in [-0.25, -0.2) is 14.6 Å². The zero-order valence-electron chi connectivity index (χ0n) is 27.5. The zero-order chi connectivity index (χ0) is 32.8. The second-order valence-electron chi connectivity index (χ2n) is 13.4. The van der Waals surface area contributed by atoms with E-state index >= 15 is 0 Å². The number of hydrogen-bond acceptors (Lipinski definition) is 5. The lowest BCUT2D eigenvalue weighted by Crippen LogP contribution is -2.48. The Morgan fingerprint density at radius 2 is 1.57 bits per heavy atom. The second-order valence-corrected chi connectivity index (χ2v) is 13.4. The third-order valence-corrected chi connectivity index (χ3v) is 8.24. The number of ether oxygens (including phenoxy) is 1. The smallest absolute Gasteiger partial charge is 0.408 e. The molecule has 0 unspecified atom stereocenters. The Hall–Kier alpha value is -4.66. The van der Waals surface area contributed by atoms with Crippen LogP contribution in [0.5, 0.6) is 0 Å². The molecular weight excluding hydrogens is 578 g/mol. The van der Waals surface area contributed by atoms with Gasteiger partial charge in [-0.2, -0.15) is 5.10 Å². The second kappa shape index (κ2) is 14.2. The third kappa shape index (κ3) is 7.94. The van der Waals surface area contributed by atoms with Gasteiger partial charge in [-0.15, -0.1) is 0 Å². The van der Waals surface area contributed by atoms with E-state index in [1.54, 1.807) is 42.8 Å². The average Bonchev–Trinajstić information content (AvgIpc) is 3.14. The van der Waals surface area contributed by atoms with Crippen molar-refractivity contribution in [2.75, 3.05) is 10.2 Å². The van der Waals surface area contributed by atoms with Crippen LogP contribution in [-0.4, -0.2) is 40.4 Å². The van der Waals surface area contributed by atoms with E-state index in [1.807, 2.05) is 74.5 Å². The third-order valence-electron chi connectivity index (χ3n) is 8.24. The lowest BCUT2D eigenvalue weighted by atomic mass is 9.83. The van der Waals surface area contributed by atoms with Crippen molar-refractivity contribution in [3.05, 3.63) is 90.0 Å². The predicted molar refractivity (Wildman–Crippen MR) is 182 cm³/mol. The van der Waals surface area contributed by atoms with Crippen molar-refractivity contribution in [2.24, 2.45) is 16.9 Å². The van der Waals surface area contributed by atoms with Crippen LogP contribution in [-0.2, 0) is 16.1 Å². The number of hydrazone groups is 1. The number of fused-ring (bicyclic) bond motifs is 1. The molecule has 242 valence electrons. The summed E-state index contributed by atoms with van der Waals surface area (Å²) in [7, 11) is 0. The normalized spacial score (nSPS) is 16.3. The van der Waals surface area contributed by atoms with Crippen LogP contribution in [0.2, 0.25) is 0 Å². The molecule has 0 bridgehead atoms. The van der Waals surface area contributed by atoms with Crippen LogP contribution in [0.1, 0.15) is 77.8 Å². The first-order chi connectivity index (χ1) is 22.0. The van der Waals surface area contributed by atoms with E-state index in [2.05, 4.69) is 16.7 Å². The molecule has 2 aliphatic rings. The molecule has 1 aliphatic heterocycles. The molecule has 9 heteroatoms. The van der Waals surface area contributed by atoms with Crippen molar-refractivity contribution in [1.82, 2.24) is 10.3 Å². The first-order valence-corrected chi connectivity index (χ1v) is 16.2. The lowest BCUT2D eigenvalue weighted by molar-refractivity contribution is -0.119. The minimum atomic E-state index is -0.796. The topological polar surface area (TPSA) is 103 Å². The van der Waals surface area contributed by atoms with E-state index < -0.39 is 17.7 Å². The zero-order valence-corrected chi connectivity index (χ0v) is 27.5. The quantitative estimate of drug-likeness (QED) is 0.264. The molecule has 0 saturated heterocycles. The van der Waals surface area contributed by atoms with Gasteiger partial charge in [0.15, 0.2) is 0 Å². The maximum absolute atomic E-state index is 14.4. The van der Waals surface area contributed by atoms with Crippen LogP contribution in [0.15, 0.2) is 84.0 Å². The molecule has 3 aromatic carbocycles. The van der Waals surface area contributed by atoms with Gasteiger partial charge in [-0.05, 0) is 75.4 Å². The predicted octanol–water partition coefficient (Wildman–Crippen LogP) is 8.23. The van der Waals surface area contributed by atoms with Crippen LogP contribution >= 0.6 is 0 Å². The number of rotatable bonds is 8. The van der Waals surface area contributed by atoms with Gasteiger partial charge in [-0.3, -0.25) is 9.69 Å². The summed E-state index contributed by atoms with van der Waals surface area (Å²) in [6.45, 7) is 9.38. The Morgan fingerprint density at radius 1 is 0.913 bits per heavy atom. The highest BCUT2D eigenvalue weighted by Crippen LogP contribution is 2.38. The van der Waals surface area contributed by atoms with Crippen molar-refractivity contribution in [3.63, 3.8) is 0 Å². The molecule has 4 amide bonds. The Balaban J connectivity index is 1.43. The van der Waals surface area contributed by atoms with Crippen molar-refractivity contribution < 1.29 is 19.1 Å². The van der Waals surface area contributed by atoms with Gasteiger partial charge < -0.3 is 15.4 Å². The molecule has 46 heavy (non-hydrogen) atoms. The summed E-state index contributed by atoms with van der Waals surface area (Å²) in [5, 5.41) is 12.3. The number of anilines is 3. The molecule has 5 rings (SSSR count). The number of urea groups is 1. The number of amides is 4. The number of nitrogens with one attached hydrogen (secondary N) is 2. The van der Waals surface area contributed by atoms with Gasteiger partial charge in [0.05, 0.1) is 23.6 Å². The minimum Gasteiger partial charge on any atom is -0.444 e. The molecule has 3 aromatic rings. The summed E-state index contributed by atoms with van der Waals surface area (Å²) in [6.07, 6.45) is 4.98. The van der Waals surface area contributed by atoms with E-state index in [1.165, 1.54) is 6.42 Å². The summed E-state index contributed by atoms with van der Waals surface area (Å²) < 4.78 is 5.36. The number of nitrogens with zero attached hydrogens (tertiary/aromatic N) is 3. The first kappa shape index (κ1) is 32.7. The molecule has 0 aromatic heterocycles. The molecule has 1 fully saturated rings. The van der Waals surface area contributed by atoms with E-state index in [0.717, 1.165) is 48.2 Å². The van der Waals surface area contributed by atoms with Crippen molar-refractivity contribution >= 4 is 40.8 Å². The summed E-state index contributed by atoms with van der Waals surface area (Å²) in [4.78, 5) is 41.8. The van der Waals surface area contributed by atoms with Crippen molar-refractivity contribution in [3.8, 4) is 0 Å². The maximum atomic E-state index is 14.4. The first-order valence-electron chi connectivity index (χ1n) is 16.2. The highest BCUT2D eigenvalue weighted by atomic mass is 16.6. The molecule has 0 spiro atoms. The van der Waals surface area contributed by atoms with Crippen molar-refractivity contribution in [2.45, 2.75) is 84.9 Å². The van der Waals surface area contributed by atoms with Crippen LogP contribution in [0, 0.1) is 11.8 Å². The summed E-state index contributed by atoms with van der Waals surface area (Å²) >= 11 is 0. The molecule has 0 radical (unpaired) electrons. The number of alkyl carbamates (subject to hydrolysis) is 1. The molecule has 1 saturated carbocycles. The SMILES string of the molecule is CC(C)[C@H](NC(=O)OC(C)(C)C)C(=O)Nc1ccc(N2C(=O)N(Cc3ccccc3)N=C(C3CCCCC3)c3ccccc32)cc1. The standard InChI is InChI=1S/C37H45N5O4/c1-25(2)32(39-35(44)46-37(3,4)5)34(43)38-28-20-22-29(23-21-28)42-31-19-13-12-18-30(31)33(27-16-10-7-11-17-27)40-41(36(42)45)24-26-14-8-6-9-15-26/h6,8-9,12-15,18-23,25,27,32H,7,10-11,16-17,24H2,1-5H3,(H,38,43)(H,39,44)/t32-/m0/s1. The molecule has 1 heterocycles. The van der Waals surface area contributed by atoms with E-state index in [-0.39, 0.29) is 23.8 Å². The Labute approximate surface area is 272 Å². The molecule has 1 atom stereocenters. The number of para-hydroxylation sites is 1. The number of carbonyl (C=O) groups is 3. The Bertz CT molecular complexity index is 1560. The Kier molecular flexibility index (Phi) is 10.1. The maximum Gasteiger partial charge on any atom is 0.408 e. The fourth-order valence-electron chi connectivity index (χ4n) is 6.00. The van der Waals surface area contributed by atoms with Gasteiger partial charge >= 0.3 is 12.1 Å². The van der Waals surface area contributed by atoms with Crippen LogP contribution in [0.25, 0.3) is 0 Å². The van der Waals surface area contributed by atoms with Gasteiger partial charge in [0, 0.05) is 17.2 Å². The highest BCUT2D eigenvalue weighted by Gasteiger charge is 2.34. The number of benzene rings is 3. The van der Waals surface area contributed by atoms with Crippen LogP contribution < -0.4 is 15.5 Å². The Morgan fingerprint density at radius 3 is 2.22 bits per heavy atom. The molecule has 2 N–H and O–H groups in total. The van der Waals surface area contributed by atoms with E-state index in [9.17, 15) is 14.4 Å². The van der Waals surface area contributed by atoms with Crippen LogP contribution in [0.4, 0.5) is 26.7 Å². The molecule has 9 nitrogen and oxygen atoms in total. The average molecular weight is 624 g/mol. The van der Waals surface area contributed by atoms with Crippen LogP contribution in [0.3, 0.4) is 0 Å². The fourth-order valence-corrected chi connectivity index (χ4v) is 6.00. The minimum absolute atomic E-state index is 0.174. The summed E-state index contributed by atoms with van der Waals surface area (Å²) in [5.41, 5.74) is 4.21. The number of carbonyl (C=O) groups excluding carboxylic acids is 3. The monoisotopic (exact) mass is 623 g/mol. The lowest BCUT2D eigenvalue weighted by Gasteiger charge is -2.27. The van der Waals surface area contributed by atoms with Gasteiger partial charge in [0.1, 0.15) is 11.6 Å². The van der Waals surface area contributed by atoms with Crippen molar-refractivity contribution in [1.29, 1.82) is 0 Å². The molecular formula is C37H45N5O4. The highest BCUT2D eigenvalue weighted by molar-refractivity contribution is 6.14. The molecule has 1 aliphatic carbocycles. The summed E-state index contributed by atoms with van der Waals surface area (Å²) in [6, 6.07) is 24.0. The fraction of sp³-hybridized carbons (Fsp3) is 0.405. The van der Waals surface area contributed by atoms with Gasteiger partial charge in [0.2, 0.25) is 5.91 Å². The summed E-state index contributed by atoms with van der Waals surface area (Å²) in [5.74, 6) is -0.252. The van der Waals surface area contributed by atoms with Gasteiger partial charge in [-0.1, -0.05) is 81.6 Å². The van der Waals surface area contributed by atoms with Gasteiger partial charge in [0.25, 0.3) is 0 Å². The van der Waals surface area contributed by atoms with E-state index in [0.29, 0.717) is 17.9 Å². The number of hydrogen-bond donors (Lipinski definition) is 2. The largest absolute Gasteiger partial charge is 0.444 e. The van der Waals surface area contributed by atoms with E-state index in [4.69, 9.17) is 9.84 Å².